The van der Waals surface area contributed by atoms with Crippen molar-refractivity contribution in [1.29, 1.82) is 0 Å². The van der Waals surface area contributed by atoms with E-state index in [1.165, 1.54) is 0 Å². The van der Waals surface area contributed by atoms with Crippen LogP contribution in [0.3, 0.4) is 0 Å². The fourth-order valence-electron chi connectivity index (χ4n) is 1.73. The molecule has 13 heavy (non-hydrogen) atoms. The molecule has 1 N–H and O–H groups in total. The minimum Gasteiger partial charge on any atom is -0.387 e. The van der Waals surface area contributed by atoms with Crippen LogP contribution in [0.5, 0.6) is 0 Å². The number of terminal acetylenes is 1. The summed E-state index contributed by atoms with van der Waals surface area (Å²) in [5.41, 5.74) is 0. The lowest BCUT2D eigenvalue weighted by molar-refractivity contribution is -0.207. The smallest absolute Gasteiger partial charge is 0.188 e. The first-order valence-corrected chi connectivity index (χ1v) is 4.33. The lowest BCUT2D eigenvalue weighted by Crippen LogP contribution is -2.28. The molecule has 72 valence electrons. The zero-order valence-corrected chi connectivity index (χ0v) is 7.18. The van der Waals surface area contributed by atoms with Crippen molar-refractivity contribution < 1.29 is 19.3 Å². The molecule has 0 amide bonds. The van der Waals surface area contributed by atoms with E-state index in [1.807, 2.05) is 0 Å². The second-order valence-corrected chi connectivity index (χ2v) is 3.20. The Morgan fingerprint density at radius 1 is 1.62 bits per heavy atom. The molecule has 0 aromatic heterocycles. The van der Waals surface area contributed by atoms with Crippen LogP contribution in [0, 0.1) is 18.3 Å². The Balaban J connectivity index is 1.91. The molecule has 2 fully saturated rings. The first-order chi connectivity index (χ1) is 6.33. The van der Waals surface area contributed by atoms with Crippen LogP contribution in [0.1, 0.15) is 6.42 Å². The van der Waals surface area contributed by atoms with E-state index in [0.29, 0.717) is 6.61 Å². The van der Waals surface area contributed by atoms with Crippen LogP contribution in [-0.2, 0) is 14.2 Å². The SMILES string of the molecule is C#CCOC1O[C@H]2OCC[C@H]2[C@H]1O. The summed E-state index contributed by atoms with van der Waals surface area (Å²) in [5, 5.41) is 9.69. The molecule has 0 spiro atoms. The normalized spacial score (nSPS) is 43.1. The highest BCUT2D eigenvalue weighted by Gasteiger charge is 2.47. The van der Waals surface area contributed by atoms with Gasteiger partial charge >= 0.3 is 0 Å². The fourth-order valence-corrected chi connectivity index (χ4v) is 1.73. The quantitative estimate of drug-likeness (QED) is 0.599. The molecule has 2 aliphatic rings. The zero-order valence-electron chi connectivity index (χ0n) is 7.18. The molecular weight excluding hydrogens is 172 g/mol. The Bertz CT molecular complexity index is 222. The van der Waals surface area contributed by atoms with Gasteiger partial charge in [0.05, 0.1) is 6.61 Å². The molecule has 0 aliphatic carbocycles. The Morgan fingerprint density at radius 2 is 2.46 bits per heavy atom. The van der Waals surface area contributed by atoms with Crippen molar-refractivity contribution in [2.75, 3.05) is 13.2 Å². The van der Waals surface area contributed by atoms with E-state index in [-0.39, 0.29) is 18.8 Å². The fraction of sp³-hybridized carbons (Fsp3) is 0.778. The molecule has 4 atom stereocenters. The van der Waals surface area contributed by atoms with Crippen molar-refractivity contribution >= 4 is 0 Å². The van der Waals surface area contributed by atoms with E-state index >= 15 is 0 Å². The highest BCUT2D eigenvalue weighted by Crippen LogP contribution is 2.35. The van der Waals surface area contributed by atoms with Gasteiger partial charge in [-0.15, -0.1) is 6.42 Å². The first kappa shape index (κ1) is 8.97. The minimum atomic E-state index is -0.619. The van der Waals surface area contributed by atoms with Gasteiger partial charge in [-0.2, -0.15) is 0 Å². The topological polar surface area (TPSA) is 47.9 Å². The van der Waals surface area contributed by atoms with Crippen LogP contribution in [0.15, 0.2) is 0 Å². The van der Waals surface area contributed by atoms with Gasteiger partial charge in [0.15, 0.2) is 12.6 Å². The van der Waals surface area contributed by atoms with E-state index in [0.717, 1.165) is 6.42 Å². The van der Waals surface area contributed by atoms with E-state index in [2.05, 4.69) is 5.92 Å². The molecule has 0 saturated carbocycles. The Morgan fingerprint density at radius 3 is 3.15 bits per heavy atom. The molecule has 2 aliphatic heterocycles. The van der Waals surface area contributed by atoms with Gasteiger partial charge in [0.2, 0.25) is 0 Å². The maximum Gasteiger partial charge on any atom is 0.188 e. The minimum absolute atomic E-state index is 0.0442. The molecule has 0 radical (unpaired) electrons. The summed E-state index contributed by atoms with van der Waals surface area (Å²) in [4.78, 5) is 0. The Hall–Kier alpha value is -0.600. The number of hydrogen-bond acceptors (Lipinski definition) is 4. The number of hydrogen-bond donors (Lipinski definition) is 1. The largest absolute Gasteiger partial charge is 0.387 e. The Kier molecular flexibility index (Phi) is 2.51. The van der Waals surface area contributed by atoms with E-state index < -0.39 is 12.4 Å². The van der Waals surface area contributed by atoms with E-state index in [4.69, 9.17) is 20.6 Å². The summed E-state index contributed by atoms with van der Waals surface area (Å²) < 4.78 is 15.7. The molecule has 0 aromatic carbocycles. The predicted octanol–water partition coefficient (Wildman–Crippen LogP) is -0.284. The number of rotatable bonds is 2. The summed E-state index contributed by atoms with van der Waals surface area (Å²) >= 11 is 0. The molecule has 2 rings (SSSR count). The van der Waals surface area contributed by atoms with Gasteiger partial charge in [-0.25, -0.2) is 0 Å². The van der Waals surface area contributed by atoms with Gasteiger partial charge in [0.25, 0.3) is 0 Å². The molecule has 1 unspecified atom stereocenters. The predicted molar refractivity (Wildman–Crippen MR) is 43.5 cm³/mol. The monoisotopic (exact) mass is 184 g/mol. The van der Waals surface area contributed by atoms with Crippen LogP contribution < -0.4 is 0 Å². The Labute approximate surface area is 76.8 Å². The maximum atomic E-state index is 9.69. The number of fused-ring (bicyclic) bond motifs is 1. The lowest BCUT2D eigenvalue weighted by atomic mass is 10.0. The van der Waals surface area contributed by atoms with E-state index in [1.54, 1.807) is 0 Å². The summed E-state index contributed by atoms with van der Waals surface area (Å²) in [6, 6.07) is 0. The van der Waals surface area contributed by atoms with Crippen molar-refractivity contribution in [2.45, 2.75) is 25.1 Å². The second kappa shape index (κ2) is 3.64. The van der Waals surface area contributed by atoms with Crippen LogP contribution in [0.4, 0.5) is 0 Å². The summed E-state index contributed by atoms with van der Waals surface area (Å²) in [5.74, 6) is 2.37. The van der Waals surface area contributed by atoms with Crippen LogP contribution in [-0.4, -0.2) is 37.0 Å². The van der Waals surface area contributed by atoms with Crippen molar-refractivity contribution in [2.24, 2.45) is 5.92 Å². The third-order valence-electron chi connectivity index (χ3n) is 2.40. The van der Waals surface area contributed by atoms with Crippen LogP contribution in [0.2, 0.25) is 0 Å². The molecule has 2 heterocycles. The van der Waals surface area contributed by atoms with Crippen LogP contribution in [0.25, 0.3) is 0 Å². The second-order valence-electron chi connectivity index (χ2n) is 3.20. The number of aliphatic hydroxyl groups is 1. The highest BCUT2D eigenvalue weighted by molar-refractivity contribution is 4.88. The molecule has 4 nitrogen and oxygen atoms in total. The van der Waals surface area contributed by atoms with Gasteiger partial charge < -0.3 is 19.3 Å². The summed E-state index contributed by atoms with van der Waals surface area (Å²) in [7, 11) is 0. The first-order valence-electron chi connectivity index (χ1n) is 4.33. The van der Waals surface area contributed by atoms with Crippen molar-refractivity contribution in [1.82, 2.24) is 0 Å². The molecule has 0 aromatic rings. The average Bonchev–Trinajstić information content (AvgIpc) is 2.67. The molecular formula is C9H12O4. The van der Waals surface area contributed by atoms with Gasteiger partial charge in [-0.3, -0.25) is 0 Å². The number of ether oxygens (including phenoxy) is 3. The highest BCUT2D eigenvalue weighted by atomic mass is 16.8. The molecule has 0 bridgehead atoms. The van der Waals surface area contributed by atoms with Gasteiger partial charge in [0.1, 0.15) is 12.7 Å². The lowest BCUT2D eigenvalue weighted by Gasteiger charge is -2.15. The van der Waals surface area contributed by atoms with Gasteiger partial charge in [0, 0.05) is 5.92 Å². The standard InChI is InChI=1S/C9H12O4/c1-2-4-11-9-7(10)6-3-5-12-8(6)13-9/h1,6-10H,3-5H2/t6-,7+,8+,9?/m0/s1. The number of aliphatic hydroxyl groups excluding tert-OH is 1. The van der Waals surface area contributed by atoms with Crippen molar-refractivity contribution in [3.05, 3.63) is 0 Å². The van der Waals surface area contributed by atoms with Gasteiger partial charge in [-0.1, -0.05) is 5.92 Å². The maximum absolute atomic E-state index is 9.69. The summed E-state index contributed by atoms with van der Waals surface area (Å²) in [6.45, 7) is 0.801. The van der Waals surface area contributed by atoms with Crippen molar-refractivity contribution in [3.63, 3.8) is 0 Å². The zero-order chi connectivity index (χ0) is 9.26. The third-order valence-corrected chi connectivity index (χ3v) is 2.40. The molecule has 2 saturated heterocycles. The summed E-state index contributed by atoms with van der Waals surface area (Å²) in [6.07, 6.45) is 4.31. The third kappa shape index (κ3) is 1.56. The van der Waals surface area contributed by atoms with Crippen molar-refractivity contribution in [3.8, 4) is 12.3 Å². The van der Waals surface area contributed by atoms with Crippen LogP contribution >= 0.6 is 0 Å². The average molecular weight is 184 g/mol. The van der Waals surface area contributed by atoms with Gasteiger partial charge in [-0.05, 0) is 6.42 Å². The van der Waals surface area contributed by atoms with E-state index in [9.17, 15) is 5.11 Å². The molecule has 4 heteroatoms.